The van der Waals surface area contributed by atoms with E-state index in [1.54, 1.807) is 13.0 Å². The topological polar surface area (TPSA) is 78.7 Å². The van der Waals surface area contributed by atoms with Crippen LogP contribution in [0.15, 0.2) is 28.8 Å². The summed E-state index contributed by atoms with van der Waals surface area (Å²) in [5.41, 5.74) is 3.83. The van der Waals surface area contributed by atoms with Crippen molar-refractivity contribution in [2.75, 3.05) is 36.4 Å². The number of anilines is 2. The number of carbonyl (C=O) groups excluding carboxylic acids is 2. The number of aromatic nitrogens is 1. The molecular weight excluding hydrogens is 356 g/mol. The first-order chi connectivity index (χ1) is 13.4. The lowest BCUT2D eigenvalue weighted by Crippen LogP contribution is -2.49. The van der Waals surface area contributed by atoms with Gasteiger partial charge in [-0.05, 0) is 44.4 Å². The van der Waals surface area contributed by atoms with Crippen molar-refractivity contribution in [1.82, 2.24) is 10.1 Å². The van der Waals surface area contributed by atoms with Crippen LogP contribution in [0, 0.1) is 32.6 Å². The number of hydrogen-bond acceptors (Lipinski definition) is 5. The van der Waals surface area contributed by atoms with Crippen molar-refractivity contribution in [1.29, 1.82) is 0 Å². The Labute approximate surface area is 164 Å². The fraction of sp³-hybridized carbons (Fsp3) is 0.476. The second-order valence-electron chi connectivity index (χ2n) is 7.79. The van der Waals surface area contributed by atoms with Crippen LogP contribution >= 0.6 is 0 Å². The maximum atomic E-state index is 12.8. The van der Waals surface area contributed by atoms with Crippen LogP contribution in [0.25, 0.3) is 0 Å². The first-order valence-corrected chi connectivity index (χ1v) is 9.78. The highest BCUT2D eigenvalue weighted by atomic mass is 16.5. The summed E-state index contributed by atoms with van der Waals surface area (Å²) >= 11 is 0. The van der Waals surface area contributed by atoms with Gasteiger partial charge in [0.25, 0.3) is 0 Å². The Kier molecular flexibility index (Phi) is 4.83. The number of amides is 2. The monoisotopic (exact) mass is 382 g/mol. The van der Waals surface area contributed by atoms with E-state index in [0.29, 0.717) is 31.1 Å². The minimum Gasteiger partial charge on any atom is -0.368 e. The molecule has 148 valence electrons. The zero-order chi connectivity index (χ0) is 19.8. The molecule has 1 aromatic carbocycles. The molecule has 1 saturated carbocycles. The van der Waals surface area contributed by atoms with E-state index in [0.717, 1.165) is 13.1 Å². The van der Waals surface area contributed by atoms with Gasteiger partial charge in [0.15, 0.2) is 5.82 Å². The van der Waals surface area contributed by atoms with Crippen molar-refractivity contribution in [2.24, 2.45) is 11.8 Å². The smallest absolute Gasteiger partial charge is 0.229 e. The van der Waals surface area contributed by atoms with Gasteiger partial charge in [0.1, 0.15) is 5.76 Å². The standard InChI is InChI=1S/C21H26N4O3/c1-13-5-4-6-18(15(13)3)24-7-9-25(10-8-24)21(27)17-12-16(17)20(26)22-19-11-14(2)28-23-19/h4-6,11,16-17H,7-10,12H2,1-3H3,(H,22,23,26). The van der Waals surface area contributed by atoms with Gasteiger partial charge in [0, 0.05) is 37.9 Å². The highest BCUT2D eigenvalue weighted by Crippen LogP contribution is 2.41. The van der Waals surface area contributed by atoms with Gasteiger partial charge in [-0.3, -0.25) is 9.59 Å². The third-order valence-corrected chi connectivity index (χ3v) is 5.83. The molecule has 2 aliphatic rings. The summed E-state index contributed by atoms with van der Waals surface area (Å²) in [5, 5.41) is 6.50. The van der Waals surface area contributed by atoms with Gasteiger partial charge in [-0.2, -0.15) is 0 Å². The molecule has 2 unspecified atom stereocenters. The maximum absolute atomic E-state index is 12.8. The lowest BCUT2D eigenvalue weighted by molar-refractivity contribution is -0.134. The molecular formula is C21H26N4O3. The third kappa shape index (κ3) is 3.61. The summed E-state index contributed by atoms with van der Waals surface area (Å²) in [6.45, 7) is 9.06. The summed E-state index contributed by atoms with van der Waals surface area (Å²) in [7, 11) is 0. The Morgan fingerprint density at radius 1 is 1.11 bits per heavy atom. The van der Waals surface area contributed by atoms with E-state index in [2.05, 4.69) is 47.4 Å². The first-order valence-electron chi connectivity index (χ1n) is 9.78. The van der Waals surface area contributed by atoms with Gasteiger partial charge >= 0.3 is 0 Å². The highest BCUT2D eigenvalue weighted by Gasteiger charge is 2.49. The van der Waals surface area contributed by atoms with Crippen LogP contribution < -0.4 is 10.2 Å². The van der Waals surface area contributed by atoms with Gasteiger partial charge in [0.05, 0.1) is 11.8 Å². The summed E-state index contributed by atoms with van der Waals surface area (Å²) in [4.78, 5) is 29.4. The van der Waals surface area contributed by atoms with E-state index in [1.165, 1.54) is 16.8 Å². The van der Waals surface area contributed by atoms with Crippen molar-refractivity contribution < 1.29 is 14.1 Å². The van der Waals surface area contributed by atoms with Crippen LogP contribution in [0.2, 0.25) is 0 Å². The molecule has 4 rings (SSSR count). The molecule has 2 heterocycles. The van der Waals surface area contributed by atoms with Crippen LogP contribution in [0.5, 0.6) is 0 Å². The van der Waals surface area contributed by atoms with Crippen LogP contribution in [-0.4, -0.2) is 48.0 Å². The third-order valence-electron chi connectivity index (χ3n) is 5.83. The predicted molar refractivity (Wildman–Crippen MR) is 106 cm³/mol. The van der Waals surface area contributed by atoms with Crippen LogP contribution in [0.1, 0.15) is 23.3 Å². The number of rotatable bonds is 4. The largest absolute Gasteiger partial charge is 0.368 e. The second kappa shape index (κ2) is 7.30. The van der Waals surface area contributed by atoms with E-state index in [-0.39, 0.29) is 23.7 Å². The number of aryl methyl sites for hydroxylation is 2. The molecule has 1 N–H and O–H groups in total. The van der Waals surface area contributed by atoms with E-state index in [9.17, 15) is 9.59 Å². The van der Waals surface area contributed by atoms with Crippen molar-refractivity contribution in [2.45, 2.75) is 27.2 Å². The van der Waals surface area contributed by atoms with Gasteiger partial charge in [-0.15, -0.1) is 0 Å². The molecule has 0 bridgehead atoms. The quantitative estimate of drug-likeness (QED) is 0.879. The molecule has 1 aliphatic heterocycles. The Bertz CT molecular complexity index is 899. The van der Waals surface area contributed by atoms with Crippen molar-refractivity contribution in [3.05, 3.63) is 41.2 Å². The molecule has 1 aromatic heterocycles. The lowest BCUT2D eigenvalue weighted by atomic mass is 10.1. The summed E-state index contributed by atoms with van der Waals surface area (Å²) < 4.78 is 4.95. The Hall–Kier alpha value is -2.83. The van der Waals surface area contributed by atoms with Gasteiger partial charge < -0.3 is 19.6 Å². The minimum atomic E-state index is -0.262. The van der Waals surface area contributed by atoms with Crippen molar-refractivity contribution in [3.63, 3.8) is 0 Å². The Balaban J connectivity index is 1.30. The fourth-order valence-corrected chi connectivity index (χ4v) is 3.88. The Morgan fingerprint density at radius 2 is 1.86 bits per heavy atom. The maximum Gasteiger partial charge on any atom is 0.229 e. The first kappa shape index (κ1) is 18.5. The van der Waals surface area contributed by atoms with Gasteiger partial charge in [0.2, 0.25) is 11.8 Å². The number of nitrogens with one attached hydrogen (secondary N) is 1. The minimum absolute atomic E-state index is 0.0945. The molecule has 1 saturated heterocycles. The molecule has 2 amide bonds. The molecule has 28 heavy (non-hydrogen) atoms. The van der Waals surface area contributed by atoms with Crippen LogP contribution in [0.4, 0.5) is 11.5 Å². The van der Waals surface area contributed by atoms with E-state index in [4.69, 9.17) is 4.52 Å². The summed E-state index contributed by atoms with van der Waals surface area (Å²) in [5.74, 6) is 0.516. The number of nitrogens with zero attached hydrogens (tertiary/aromatic N) is 3. The van der Waals surface area contributed by atoms with Gasteiger partial charge in [-0.25, -0.2) is 0 Å². The van der Waals surface area contributed by atoms with Crippen LogP contribution in [-0.2, 0) is 9.59 Å². The zero-order valence-electron chi connectivity index (χ0n) is 16.6. The molecule has 1 aliphatic carbocycles. The second-order valence-corrected chi connectivity index (χ2v) is 7.79. The normalized spacial score (nSPS) is 21.5. The molecule has 0 radical (unpaired) electrons. The SMILES string of the molecule is Cc1cc(NC(=O)C2CC2C(=O)N2CCN(c3cccc(C)c3C)CC2)no1. The predicted octanol–water partition coefficient (Wildman–Crippen LogP) is 2.52. The molecule has 7 nitrogen and oxygen atoms in total. The Morgan fingerprint density at radius 3 is 2.54 bits per heavy atom. The highest BCUT2D eigenvalue weighted by molar-refractivity contribution is 5.99. The van der Waals surface area contributed by atoms with E-state index >= 15 is 0 Å². The molecule has 2 atom stereocenters. The molecule has 0 spiro atoms. The molecule has 2 fully saturated rings. The number of piperazine rings is 1. The fourth-order valence-electron chi connectivity index (χ4n) is 3.88. The zero-order valence-corrected chi connectivity index (χ0v) is 16.6. The van der Waals surface area contributed by atoms with Crippen molar-refractivity contribution >= 4 is 23.3 Å². The molecule has 2 aromatic rings. The van der Waals surface area contributed by atoms with Crippen LogP contribution in [0.3, 0.4) is 0 Å². The number of carbonyl (C=O) groups is 2. The molecule has 7 heteroatoms. The average Bonchev–Trinajstić information content (AvgIpc) is 3.40. The number of hydrogen-bond donors (Lipinski definition) is 1. The average molecular weight is 382 g/mol. The van der Waals surface area contributed by atoms with E-state index in [1.807, 2.05) is 4.90 Å². The number of benzene rings is 1. The van der Waals surface area contributed by atoms with Crippen molar-refractivity contribution in [3.8, 4) is 0 Å². The van der Waals surface area contributed by atoms with E-state index < -0.39 is 0 Å². The summed E-state index contributed by atoms with van der Waals surface area (Å²) in [6, 6.07) is 8.02. The summed E-state index contributed by atoms with van der Waals surface area (Å²) in [6.07, 6.45) is 0.610. The lowest BCUT2D eigenvalue weighted by Gasteiger charge is -2.37. The van der Waals surface area contributed by atoms with Gasteiger partial charge in [-0.1, -0.05) is 17.3 Å².